The molecule has 0 aliphatic carbocycles. The van der Waals surface area contributed by atoms with Crippen molar-refractivity contribution in [1.29, 1.82) is 0 Å². The lowest BCUT2D eigenvalue weighted by molar-refractivity contribution is 0.450. The Bertz CT molecular complexity index is 1090. The van der Waals surface area contributed by atoms with Crippen molar-refractivity contribution in [2.75, 3.05) is 5.43 Å². The number of aromatic hydroxyl groups is 2. The Labute approximate surface area is 153 Å². The van der Waals surface area contributed by atoms with E-state index in [4.69, 9.17) is 0 Å². The third-order valence-electron chi connectivity index (χ3n) is 3.84. The molecule has 7 heteroatoms. The highest BCUT2D eigenvalue weighted by molar-refractivity contribution is 7.17. The van der Waals surface area contributed by atoms with Crippen LogP contribution in [0.2, 0.25) is 0 Å². The molecule has 2 heterocycles. The van der Waals surface area contributed by atoms with Crippen molar-refractivity contribution in [3.05, 3.63) is 65.8 Å². The molecule has 0 unspecified atom stereocenters. The van der Waals surface area contributed by atoms with Gasteiger partial charge in [-0.2, -0.15) is 5.10 Å². The summed E-state index contributed by atoms with van der Waals surface area (Å²) in [7, 11) is 0. The fraction of sp³-hybridized carbons (Fsp3) is 0. The van der Waals surface area contributed by atoms with Crippen LogP contribution in [-0.2, 0) is 0 Å². The monoisotopic (exact) mass is 362 g/mol. The fourth-order valence-electron chi connectivity index (χ4n) is 2.59. The number of nitrogens with zero attached hydrogens (tertiary/aromatic N) is 3. The molecule has 2 aromatic carbocycles. The maximum atomic E-state index is 9.82. The van der Waals surface area contributed by atoms with Crippen molar-refractivity contribution in [3.8, 4) is 22.6 Å². The zero-order valence-electron chi connectivity index (χ0n) is 13.5. The number of hydrazone groups is 1. The van der Waals surface area contributed by atoms with Gasteiger partial charge in [-0.3, -0.25) is 5.43 Å². The first kappa shape index (κ1) is 16.0. The Kier molecular flexibility index (Phi) is 4.20. The van der Waals surface area contributed by atoms with Crippen LogP contribution in [0.4, 0.5) is 5.82 Å². The van der Waals surface area contributed by atoms with Crippen LogP contribution in [0.25, 0.3) is 21.3 Å². The summed E-state index contributed by atoms with van der Waals surface area (Å²) < 4.78 is 0. The van der Waals surface area contributed by atoms with Gasteiger partial charge in [-0.15, -0.1) is 11.3 Å². The number of phenols is 2. The lowest BCUT2D eigenvalue weighted by atomic mass is 10.1. The van der Waals surface area contributed by atoms with Crippen LogP contribution in [-0.4, -0.2) is 26.4 Å². The molecular formula is C19H14N4O2S. The van der Waals surface area contributed by atoms with E-state index >= 15 is 0 Å². The molecule has 0 aliphatic rings. The standard InChI is InChI=1S/C19H14N4O2S/c24-14-7-6-13(16(25)8-14)9-22-23-18-17-15(12-4-2-1-3-5-12)10-26-19(17)21-11-20-18/h1-11,24-25H,(H,20,21,23). The molecule has 0 spiro atoms. The zero-order chi connectivity index (χ0) is 17.9. The summed E-state index contributed by atoms with van der Waals surface area (Å²) in [6.45, 7) is 0. The van der Waals surface area contributed by atoms with Crippen LogP contribution in [0.1, 0.15) is 5.56 Å². The molecule has 26 heavy (non-hydrogen) atoms. The number of fused-ring (bicyclic) bond motifs is 1. The maximum Gasteiger partial charge on any atom is 0.159 e. The topological polar surface area (TPSA) is 90.6 Å². The van der Waals surface area contributed by atoms with Gasteiger partial charge in [-0.1, -0.05) is 30.3 Å². The molecule has 6 nitrogen and oxygen atoms in total. The van der Waals surface area contributed by atoms with Crippen molar-refractivity contribution >= 4 is 33.6 Å². The van der Waals surface area contributed by atoms with E-state index in [1.165, 1.54) is 24.7 Å². The third-order valence-corrected chi connectivity index (χ3v) is 4.73. The minimum absolute atomic E-state index is 0.00380. The summed E-state index contributed by atoms with van der Waals surface area (Å²) in [4.78, 5) is 9.49. The fourth-order valence-corrected chi connectivity index (χ4v) is 3.51. The van der Waals surface area contributed by atoms with Gasteiger partial charge in [0.1, 0.15) is 22.7 Å². The van der Waals surface area contributed by atoms with E-state index < -0.39 is 0 Å². The normalized spacial score (nSPS) is 11.2. The smallest absolute Gasteiger partial charge is 0.159 e. The van der Waals surface area contributed by atoms with E-state index in [0.29, 0.717) is 11.4 Å². The molecule has 4 aromatic rings. The van der Waals surface area contributed by atoms with Crippen molar-refractivity contribution in [3.63, 3.8) is 0 Å². The number of anilines is 1. The average Bonchev–Trinajstić information content (AvgIpc) is 3.09. The van der Waals surface area contributed by atoms with Gasteiger partial charge in [0.05, 0.1) is 11.6 Å². The molecule has 0 fully saturated rings. The Morgan fingerprint density at radius 1 is 1.04 bits per heavy atom. The van der Waals surface area contributed by atoms with E-state index in [2.05, 4.69) is 25.9 Å². The zero-order valence-corrected chi connectivity index (χ0v) is 14.3. The molecule has 0 aliphatic heterocycles. The van der Waals surface area contributed by atoms with E-state index in [1.54, 1.807) is 17.4 Å². The van der Waals surface area contributed by atoms with Gasteiger partial charge in [-0.05, 0) is 17.7 Å². The molecule has 128 valence electrons. The molecule has 0 bridgehead atoms. The predicted molar refractivity (Wildman–Crippen MR) is 104 cm³/mol. The minimum atomic E-state index is -0.0520. The molecule has 3 N–H and O–H groups in total. The summed E-state index contributed by atoms with van der Waals surface area (Å²) in [5.74, 6) is 0.532. The summed E-state index contributed by atoms with van der Waals surface area (Å²) >= 11 is 1.55. The molecule has 2 aromatic heterocycles. The van der Waals surface area contributed by atoms with Crippen LogP contribution in [0, 0.1) is 0 Å². The molecular weight excluding hydrogens is 348 g/mol. The first-order valence-electron chi connectivity index (χ1n) is 7.81. The lowest BCUT2D eigenvalue weighted by Gasteiger charge is -2.05. The van der Waals surface area contributed by atoms with Gasteiger partial charge in [0, 0.05) is 22.6 Å². The van der Waals surface area contributed by atoms with Gasteiger partial charge in [0.2, 0.25) is 0 Å². The highest BCUT2D eigenvalue weighted by Crippen LogP contribution is 2.36. The van der Waals surface area contributed by atoms with Crippen LogP contribution < -0.4 is 5.43 Å². The number of phenolic OH excluding ortho intramolecular Hbond substituents is 2. The number of hydrogen-bond acceptors (Lipinski definition) is 7. The van der Waals surface area contributed by atoms with E-state index in [9.17, 15) is 10.2 Å². The SMILES string of the molecule is Oc1ccc(C=NNc2ncnc3scc(-c4ccccc4)c23)c(O)c1. The molecule has 0 saturated heterocycles. The van der Waals surface area contributed by atoms with Gasteiger partial charge in [-0.25, -0.2) is 9.97 Å². The van der Waals surface area contributed by atoms with Crippen LogP contribution in [0.3, 0.4) is 0 Å². The second kappa shape index (κ2) is 6.81. The predicted octanol–water partition coefficient (Wildman–Crippen LogP) is 4.22. The molecule has 4 rings (SSSR count). The number of aromatic nitrogens is 2. The van der Waals surface area contributed by atoms with Crippen molar-refractivity contribution < 1.29 is 10.2 Å². The summed E-state index contributed by atoms with van der Waals surface area (Å²) in [5.41, 5.74) is 5.53. The van der Waals surface area contributed by atoms with E-state index in [-0.39, 0.29) is 11.5 Å². The number of nitrogens with one attached hydrogen (secondary N) is 1. The first-order chi connectivity index (χ1) is 12.7. The Morgan fingerprint density at radius 3 is 2.69 bits per heavy atom. The van der Waals surface area contributed by atoms with Crippen LogP contribution in [0.15, 0.2) is 65.3 Å². The van der Waals surface area contributed by atoms with Gasteiger partial charge in [0.15, 0.2) is 5.82 Å². The summed E-state index contributed by atoms with van der Waals surface area (Å²) in [6, 6.07) is 14.3. The maximum absolute atomic E-state index is 9.82. The van der Waals surface area contributed by atoms with E-state index in [0.717, 1.165) is 21.3 Å². The number of hydrogen-bond donors (Lipinski definition) is 3. The highest BCUT2D eigenvalue weighted by atomic mass is 32.1. The summed E-state index contributed by atoms with van der Waals surface area (Å²) in [5, 5.41) is 26.3. The third kappa shape index (κ3) is 3.07. The first-order valence-corrected chi connectivity index (χ1v) is 8.69. The van der Waals surface area contributed by atoms with Crippen LogP contribution in [0.5, 0.6) is 11.5 Å². The number of thiophene rings is 1. The number of rotatable bonds is 4. The van der Waals surface area contributed by atoms with Crippen molar-refractivity contribution in [1.82, 2.24) is 9.97 Å². The van der Waals surface area contributed by atoms with Crippen LogP contribution >= 0.6 is 11.3 Å². The highest BCUT2D eigenvalue weighted by Gasteiger charge is 2.12. The Morgan fingerprint density at radius 2 is 1.88 bits per heavy atom. The van der Waals surface area contributed by atoms with Gasteiger partial charge >= 0.3 is 0 Å². The number of benzene rings is 2. The van der Waals surface area contributed by atoms with Gasteiger partial charge < -0.3 is 10.2 Å². The van der Waals surface area contributed by atoms with Crippen molar-refractivity contribution in [2.24, 2.45) is 5.10 Å². The molecule has 0 atom stereocenters. The second-order valence-electron chi connectivity index (χ2n) is 5.53. The second-order valence-corrected chi connectivity index (χ2v) is 6.39. The van der Waals surface area contributed by atoms with E-state index in [1.807, 2.05) is 30.3 Å². The molecule has 0 amide bonds. The molecule has 0 radical (unpaired) electrons. The molecule has 0 saturated carbocycles. The summed E-state index contributed by atoms with van der Waals surface area (Å²) in [6.07, 6.45) is 2.96. The lowest BCUT2D eigenvalue weighted by Crippen LogP contribution is -1.95. The quantitative estimate of drug-likeness (QED) is 0.374. The van der Waals surface area contributed by atoms with Crippen molar-refractivity contribution in [2.45, 2.75) is 0 Å². The Balaban J connectivity index is 1.68. The minimum Gasteiger partial charge on any atom is -0.508 e. The Hall–Kier alpha value is -3.45. The average molecular weight is 362 g/mol. The van der Waals surface area contributed by atoms with Gasteiger partial charge in [0.25, 0.3) is 0 Å². The largest absolute Gasteiger partial charge is 0.508 e.